The first-order chi connectivity index (χ1) is 52.8. The van der Waals surface area contributed by atoms with Crippen LogP contribution in [-0.4, -0.2) is 245 Å². The molecule has 13 rings (SSSR count). The number of hydrogen-bond donors (Lipinski definition) is 24. The molecule has 8 aromatic rings. The Labute approximate surface area is 615 Å². The fourth-order valence-electron chi connectivity index (χ4n) is 12.3. The number of carbonyl (C=O) groups is 8. The number of phenols is 22. The first-order valence-electron chi connectivity index (χ1n) is 31.2. The number of aliphatic hydroxyl groups excluding tert-OH is 2. The summed E-state index contributed by atoms with van der Waals surface area (Å²) in [6, 6.07) is 2.96. The van der Waals surface area contributed by atoms with Gasteiger partial charge in [-0.25, -0.2) is 38.4 Å². The Morgan fingerprint density at radius 2 is 0.554 bits per heavy atom. The highest BCUT2D eigenvalue weighted by Gasteiger charge is 2.56. The Hall–Kier alpha value is -15.4. The van der Waals surface area contributed by atoms with Crippen LogP contribution in [0.2, 0.25) is 0 Å². The molecule has 0 saturated carbocycles. The van der Waals surface area contributed by atoms with Crippen molar-refractivity contribution in [3.8, 4) is 172 Å². The smallest absolute Gasteiger partial charge is 0.342 e. The summed E-state index contributed by atoms with van der Waals surface area (Å²) in [5.74, 6) is -56.6. The minimum atomic E-state index is -2.94. The maximum absolute atomic E-state index is 15.5. The highest BCUT2D eigenvalue weighted by Crippen LogP contribution is 2.59. The quantitative estimate of drug-likeness (QED) is 0.0682. The van der Waals surface area contributed by atoms with Gasteiger partial charge in [0.25, 0.3) is 0 Å². The number of ether oxygens (including phenoxy) is 12. The van der Waals surface area contributed by atoms with Crippen LogP contribution < -0.4 is 9.47 Å². The molecule has 112 heavy (non-hydrogen) atoms. The van der Waals surface area contributed by atoms with E-state index < -0.39 is 339 Å². The number of phenolic OH excluding ortho intramolecular Hbond substituents is 22. The normalized spacial score (nSPS) is 21.4. The highest BCUT2D eigenvalue weighted by atomic mass is 16.7. The van der Waals surface area contributed by atoms with Crippen molar-refractivity contribution in [2.45, 2.75) is 61.4 Å². The van der Waals surface area contributed by atoms with Crippen molar-refractivity contribution in [2.24, 2.45) is 0 Å². The Kier molecular flexibility index (Phi) is 18.3. The van der Waals surface area contributed by atoms with E-state index in [1.54, 1.807) is 0 Å². The second-order valence-electron chi connectivity index (χ2n) is 24.4. The van der Waals surface area contributed by atoms with Crippen LogP contribution >= 0.6 is 0 Å². The van der Waals surface area contributed by atoms with E-state index in [1.807, 2.05) is 0 Å². The molecule has 5 aliphatic heterocycles. The van der Waals surface area contributed by atoms with E-state index >= 15 is 19.2 Å². The zero-order valence-corrected chi connectivity index (χ0v) is 54.9. The molecule has 0 aliphatic carbocycles. The molecule has 584 valence electrons. The molecule has 44 nitrogen and oxygen atoms in total. The van der Waals surface area contributed by atoms with Crippen LogP contribution in [0.1, 0.15) is 82.9 Å². The molecule has 2 saturated heterocycles. The van der Waals surface area contributed by atoms with Gasteiger partial charge in [0.05, 0.1) is 33.4 Å². The van der Waals surface area contributed by atoms with Gasteiger partial charge in [-0.3, -0.25) is 0 Å². The summed E-state index contributed by atoms with van der Waals surface area (Å²) < 4.78 is 67.6. The largest absolute Gasteiger partial charge is 0.504 e. The fraction of sp³-hybridized carbons (Fsp3) is 0.176. The van der Waals surface area contributed by atoms with Crippen molar-refractivity contribution < 1.29 is 218 Å². The van der Waals surface area contributed by atoms with Gasteiger partial charge in [-0.05, 0) is 36.4 Å². The van der Waals surface area contributed by atoms with Crippen molar-refractivity contribution in [1.82, 2.24) is 0 Å². The number of hydrogen-bond acceptors (Lipinski definition) is 44. The number of esters is 8. The maximum Gasteiger partial charge on any atom is 0.342 e. The van der Waals surface area contributed by atoms with E-state index in [0.717, 1.165) is 0 Å². The zero-order chi connectivity index (χ0) is 81.3. The number of rotatable bonds is 4. The minimum Gasteiger partial charge on any atom is -0.504 e. The lowest BCUT2D eigenvalue weighted by Crippen LogP contribution is -2.62. The molecule has 2 fully saturated rings. The average Bonchev–Trinajstić information content (AvgIpc) is 1.13. The lowest BCUT2D eigenvalue weighted by molar-refractivity contribution is -0.284. The van der Waals surface area contributed by atoms with Gasteiger partial charge in [-0.1, -0.05) is 0 Å². The van der Waals surface area contributed by atoms with E-state index in [4.69, 9.17) is 56.8 Å². The molecule has 10 atom stereocenters. The minimum absolute atomic E-state index is 0.148. The van der Waals surface area contributed by atoms with Gasteiger partial charge in [0.2, 0.25) is 46.0 Å². The van der Waals surface area contributed by atoms with Crippen LogP contribution in [0, 0.1) is 0 Å². The van der Waals surface area contributed by atoms with Crippen molar-refractivity contribution >= 4 is 47.8 Å². The lowest BCUT2D eigenvalue weighted by atomic mass is 9.91. The Balaban J connectivity index is 1.08. The molecular formula is C68H48O44. The SMILES string of the molecule is O=C(O[C@@H]1C2OC(=O)c3cc(O)c(O)c(O)c3-c3c4cc(c(O)c3O)Oc3c(cc(O)c(O)c3O)C(=O)OC3[C@@H](OC(=O)c5cc(O)c(O)c(O)c5)[C@H]5OC(=O)c6cc(c(O)c(O)c6-c6c(cc(O)c(O)c6O)C(=O)OCC5O[C@@H]3O)Oc3c(cc(O)c(O)c3O)C(=O)O[C@H]1C(O)O[C@@H]2COC4=O)c1cc(O)c(O)c(O)c1. The predicted molar refractivity (Wildman–Crippen MR) is 344 cm³/mol. The first-order valence-corrected chi connectivity index (χ1v) is 31.2. The van der Waals surface area contributed by atoms with Gasteiger partial charge in [0, 0.05) is 46.5 Å². The summed E-state index contributed by atoms with van der Waals surface area (Å²) in [6.07, 6.45) is -27.7. The van der Waals surface area contributed by atoms with Crippen LogP contribution in [0.3, 0.4) is 0 Å². The third kappa shape index (κ3) is 12.4. The van der Waals surface area contributed by atoms with E-state index in [-0.39, 0.29) is 30.3 Å². The molecule has 4 unspecified atom stereocenters. The molecule has 0 amide bonds. The number of benzene rings is 8. The fourth-order valence-corrected chi connectivity index (χ4v) is 12.3. The van der Waals surface area contributed by atoms with E-state index in [2.05, 4.69) is 0 Å². The van der Waals surface area contributed by atoms with E-state index in [1.165, 1.54) is 0 Å². The van der Waals surface area contributed by atoms with Gasteiger partial charge in [-0.2, -0.15) is 0 Å². The number of carbonyl (C=O) groups excluding carboxylic acids is 8. The van der Waals surface area contributed by atoms with Gasteiger partial charge in [-0.15, -0.1) is 0 Å². The Morgan fingerprint density at radius 1 is 0.295 bits per heavy atom. The average molecular weight is 1570 g/mol. The van der Waals surface area contributed by atoms with Gasteiger partial charge in [0.15, 0.2) is 153 Å². The Bertz CT molecular complexity index is 5420. The Morgan fingerprint density at radius 3 is 0.893 bits per heavy atom. The second kappa shape index (κ2) is 27.4. The standard InChI is InChI=1S/C68H48O44/c69-21-1-13(2-22(70)37(21)77)59(91)109-55-53-32-12-102-62(94)17-9-29(43(83)47(87)35(17)34-16(63(95)107-53)6-26(74)40(80)46(34)86)103-51-19(7-27(75)41(81)49(51)89)65(97)112-58-56(110-60(92)14-3-23(71)38(78)24(72)4-14)54-31(105-68(58)100)11-101-61(93)15-5-25(73)39(79)45(85)33(15)36-18(64(96)108-54)10-30(44(84)48(36)88)104-52-20(8-28(76)42(82)50(52)90)66(98)111-57(55)67(99)106-32/h1-10,31-32,53-58,67-90,99-100H,11-12H2/t31?,32-,53?,54+,55-,56+,57-,58?,67?,68+/m1/s1. The van der Waals surface area contributed by atoms with Gasteiger partial charge >= 0.3 is 47.8 Å². The molecule has 8 aromatic carbocycles. The molecule has 8 bridgehead atoms. The topological polar surface area (TPSA) is 733 Å². The first kappa shape index (κ1) is 74.8. The van der Waals surface area contributed by atoms with Crippen molar-refractivity contribution in [3.63, 3.8) is 0 Å². The van der Waals surface area contributed by atoms with Crippen LogP contribution in [-0.2, 0) is 47.4 Å². The van der Waals surface area contributed by atoms with Gasteiger partial charge in [0.1, 0.15) is 36.5 Å². The van der Waals surface area contributed by atoms with Crippen molar-refractivity contribution in [3.05, 3.63) is 105 Å². The van der Waals surface area contributed by atoms with Crippen LogP contribution in [0.5, 0.6) is 149 Å². The van der Waals surface area contributed by atoms with Crippen LogP contribution in [0.15, 0.2) is 60.7 Å². The third-order valence-electron chi connectivity index (χ3n) is 17.7. The van der Waals surface area contributed by atoms with Crippen molar-refractivity contribution in [2.75, 3.05) is 13.2 Å². The summed E-state index contributed by atoms with van der Waals surface area (Å²) in [7, 11) is 0. The van der Waals surface area contributed by atoms with Crippen LogP contribution in [0.25, 0.3) is 22.3 Å². The van der Waals surface area contributed by atoms with E-state index in [0.29, 0.717) is 30.3 Å². The summed E-state index contributed by atoms with van der Waals surface area (Å²) in [6.45, 7) is -2.98. The zero-order valence-electron chi connectivity index (χ0n) is 54.9. The summed E-state index contributed by atoms with van der Waals surface area (Å²) >= 11 is 0. The molecule has 0 radical (unpaired) electrons. The predicted octanol–water partition coefficient (Wildman–Crippen LogP) is 2.17. The number of fused-ring (bicyclic) bond motifs is 14. The maximum atomic E-state index is 15.5. The third-order valence-corrected chi connectivity index (χ3v) is 17.7. The molecule has 0 spiro atoms. The molecule has 44 heteroatoms. The number of aliphatic hydroxyl groups is 2. The van der Waals surface area contributed by atoms with Crippen LogP contribution in [0.4, 0.5) is 0 Å². The van der Waals surface area contributed by atoms with E-state index in [9.17, 15) is 142 Å². The van der Waals surface area contributed by atoms with Gasteiger partial charge < -0.3 is 179 Å². The molecular weight excluding hydrogens is 1520 g/mol. The molecule has 5 aliphatic rings. The number of aromatic hydroxyl groups is 22. The monoisotopic (exact) mass is 1570 g/mol. The number of cyclic esters (lactones) is 1. The molecule has 0 aromatic heterocycles. The second-order valence-corrected chi connectivity index (χ2v) is 24.4. The molecule has 24 N–H and O–H groups in total. The summed E-state index contributed by atoms with van der Waals surface area (Å²) in [5.41, 5.74) is -15.9. The van der Waals surface area contributed by atoms with Crippen molar-refractivity contribution in [1.29, 1.82) is 0 Å². The highest BCUT2D eigenvalue weighted by molar-refractivity contribution is 6.10. The lowest BCUT2D eigenvalue weighted by Gasteiger charge is -2.42. The molecule has 5 heterocycles. The summed E-state index contributed by atoms with van der Waals surface area (Å²) in [4.78, 5) is 119. The summed E-state index contributed by atoms with van der Waals surface area (Å²) in [5, 5.41) is 269.